The van der Waals surface area contributed by atoms with Crippen LogP contribution in [0.3, 0.4) is 0 Å². The molecule has 3 rings (SSSR count). The normalized spacial score (nSPS) is 11.3. The zero-order valence-corrected chi connectivity index (χ0v) is 11.1. The Balaban J connectivity index is 2.06. The summed E-state index contributed by atoms with van der Waals surface area (Å²) in [6, 6.07) is 8.47. The number of nitrogens with one attached hydrogen (secondary N) is 1. The van der Waals surface area contributed by atoms with E-state index in [9.17, 15) is 0 Å². The lowest BCUT2D eigenvalue weighted by Crippen LogP contribution is -2.08. The summed E-state index contributed by atoms with van der Waals surface area (Å²) in [6.45, 7) is 3.43. The van der Waals surface area contributed by atoms with Crippen molar-refractivity contribution in [2.45, 2.75) is 20.0 Å². The Morgan fingerprint density at radius 1 is 1.26 bits per heavy atom. The predicted octanol–water partition coefficient (Wildman–Crippen LogP) is 2.10. The average Bonchev–Trinajstić information content (AvgIpc) is 2.99. The Morgan fingerprint density at radius 3 is 2.89 bits per heavy atom. The van der Waals surface area contributed by atoms with Crippen LogP contribution in [-0.4, -0.2) is 21.9 Å². The van der Waals surface area contributed by atoms with Crippen molar-refractivity contribution in [1.82, 2.24) is 20.2 Å². The van der Waals surface area contributed by atoms with Crippen molar-refractivity contribution in [3.8, 4) is 0 Å². The molecule has 98 valence electrons. The van der Waals surface area contributed by atoms with E-state index in [4.69, 9.17) is 4.63 Å². The molecule has 5 heteroatoms. The van der Waals surface area contributed by atoms with Gasteiger partial charge in [0.1, 0.15) is 11.4 Å². The van der Waals surface area contributed by atoms with Gasteiger partial charge in [-0.3, -0.25) is 0 Å². The first-order chi connectivity index (χ1) is 9.29. The summed E-state index contributed by atoms with van der Waals surface area (Å²) in [5, 5.41) is 12.2. The van der Waals surface area contributed by atoms with Crippen molar-refractivity contribution >= 4 is 10.9 Å². The fourth-order valence-corrected chi connectivity index (χ4v) is 2.36. The van der Waals surface area contributed by atoms with Gasteiger partial charge in [0, 0.05) is 12.7 Å². The third-order valence-electron chi connectivity index (χ3n) is 3.31. The molecule has 0 spiro atoms. The highest BCUT2D eigenvalue weighted by Gasteiger charge is 2.10. The number of fused-ring (bicyclic) bond motifs is 1. The topological polar surface area (TPSA) is 55.9 Å². The smallest absolute Gasteiger partial charge is 0.127 e. The Morgan fingerprint density at radius 2 is 2.16 bits per heavy atom. The molecule has 1 aromatic carbocycles. The molecule has 0 aliphatic carbocycles. The van der Waals surface area contributed by atoms with Crippen LogP contribution < -0.4 is 5.32 Å². The van der Waals surface area contributed by atoms with Gasteiger partial charge < -0.3 is 9.88 Å². The van der Waals surface area contributed by atoms with Crippen LogP contribution in [0.5, 0.6) is 0 Å². The van der Waals surface area contributed by atoms with E-state index in [1.54, 1.807) is 0 Å². The largest absolute Gasteiger partial charge is 0.341 e. The van der Waals surface area contributed by atoms with Gasteiger partial charge in [-0.05, 0) is 31.0 Å². The summed E-state index contributed by atoms with van der Waals surface area (Å²) in [4.78, 5) is 0. The molecule has 0 saturated heterocycles. The first-order valence-corrected chi connectivity index (χ1v) is 6.29. The van der Waals surface area contributed by atoms with E-state index in [1.165, 1.54) is 16.5 Å². The van der Waals surface area contributed by atoms with Crippen LogP contribution in [0, 0.1) is 6.92 Å². The number of aromatic nitrogens is 3. The fourth-order valence-electron chi connectivity index (χ4n) is 2.36. The quantitative estimate of drug-likeness (QED) is 0.776. The van der Waals surface area contributed by atoms with E-state index in [0.717, 1.165) is 17.9 Å². The van der Waals surface area contributed by atoms with E-state index >= 15 is 0 Å². The molecule has 0 amide bonds. The maximum absolute atomic E-state index is 4.76. The number of nitrogens with zero attached hydrogens (tertiary/aromatic N) is 3. The molecule has 0 aliphatic rings. The predicted molar refractivity (Wildman–Crippen MR) is 72.8 cm³/mol. The first-order valence-electron chi connectivity index (χ1n) is 6.29. The Bertz CT molecular complexity index is 698. The molecule has 0 atom stereocenters. The minimum atomic E-state index is 0.680. The van der Waals surface area contributed by atoms with Crippen LogP contribution in [-0.2, 0) is 13.1 Å². The van der Waals surface area contributed by atoms with Gasteiger partial charge in [-0.15, -0.1) is 0 Å². The maximum atomic E-state index is 4.76. The molecule has 19 heavy (non-hydrogen) atoms. The first kappa shape index (κ1) is 11.9. The standard InChI is InChI=1S/C14H16N4O/c1-10-13(17-19-16-10)9-18-7-6-11-4-3-5-12(8-15-2)14(11)18/h3-7,15H,8-9H2,1-2H3. The molecule has 0 radical (unpaired) electrons. The van der Waals surface area contributed by atoms with Gasteiger partial charge in [-0.2, -0.15) is 0 Å². The number of hydrogen-bond donors (Lipinski definition) is 1. The van der Waals surface area contributed by atoms with Gasteiger partial charge in [0.15, 0.2) is 0 Å². The molecule has 2 heterocycles. The van der Waals surface area contributed by atoms with Gasteiger partial charge >= 0.3 is 0 Å². The summed E-state index contributed by atoms with van der Waals surface area (Å²) < 4.78 is 6.95. The summed E-state index contributed by atoms with van der Waals surface area (Å²) in [7, 11) is 1.96. The summed E-state index contributed by atoms with van der Waals surface area (Å²) in [5.41, 5.74) is 4.23. The van der Waals surface area contributed by atoms with Crippen LogP contribution in [0.2, 0.25) is 0 Å². The zero-order chi connectivity index (χ0) is 13.2. The summed E-state index contributed by atoms with van der Waals surface area (Å²) in [6.07, 6.45) is 2.08. The SMILES string of the molecule is CNCc1cccc2ccn(Cc3nonc3C)c12. The molecule has 0 aliphatic heterocycles. The summed E-state index contributed by atoms with van der Waals surface area (Å²) >= 11 is 0. The molecule has 3 aromatic rings. The number of para-hydroxylation sites is 1. The average molecular weight is 256 g/mol. The maximum Gasteiger partial charge on any atom is 0.127 e. The third-order valence-corrected chi connectivity index (χ3v) is 3.31. The summed E-state index contributed by atoms with van der Waals surface area (Å²) in [5.74, 6) is 0. The van der Waals surface area contributed by atoms with Crippen LogP contribution in [0.25, 0.3) is 10.9 Å². The van der Waals surface area contributed by atoms with Gasteiger partial charge in [0.25, 0.3) is 0 Å². The van der Waals surface area contributed by atoms with E-state index < -0.39 is 0 Å². The number of aryl methyl sites for hydroxylation is 1. The molecule has 0 saturated carbocycles. The lowest BCUT2D eigenvalue weighted by molar-refractivity contribution is 0.300. The van der Waals surface area contributed by atoms with Crippen molar-refractivity contribution < 1.29 is 4.63 Å². The van der Waals surface area contributed by atoms with Crippen molar-refractivity contribution in [3.63, 3.8) is 0 Å². The van der Waals surface area contributed by atoms with E-state index in [1.807, 2.05) is 14.0 Å². The van der Waals surface area contributed by atoms with Gasteiger partial charge in [-0.1, -0.05) is 28.5 Å². The van der Waals surface area contributed by atoms with E-state index in [0.29, 0.717) is 6.54 Å². The molecule has 1 N–H and O–H groups in total. The van der Waals surface area contributed by atoms with Crippen molar-refractivity contribution in [2.24, 2.45) is 0 Å². The van der Waals surface area contributed by atoms with Crippen LogP contribution >= 0.6 is 0 Å². The lowest BCUT2D eigenvalue weighted by Gasteiger charge is -2.08. The third kappa shape index (κ3) is 2.13. The fraction of sp³-hybridized carbons (Fsp3) is 0.286. The molecule has 0 fully saturated rings. The zero-order valence-electron chi connectivity index (χ0n) is 11.1. The highest BCUT2D eigenvalue weighted by molar-refractivity contribution is 5.83. The minimum Gasteiger partial charge on any atom is -0.341 e. The minimum absolute atomic E-state index is 0.680. The monoisotopic (exact) mass is 256 g/mol. The molecular weight excluding hydrogens is 240 g/mol. The highest BCUT2D eigenvalue weighted by atomic mass is 16.6. The number of benzene rings is 1. The second kappa shape index (κ2) is 4.85. The van der Waals surface area contributed by atoms with Crippen LogP contribution in [0.4, 0.5) is 0 Å². The molecule has 5 nitrogen and oxygen atoms in total. The molecule has 0 bridgehead atoms. The highest BCUT2D eigenvalue weighted by Crippen LogP contribution is 2.21. The molecular formula is C14H16N4O. The van der Waals surface area contributed by atoms with E-state index in [2.05, 4.69) is 50.7 Å². The van der Waals surface area contributed by atoms with Crippen molar-refractivity contribution in [2.75, 3.05) is 7.05 Å². The van der Waals surface area contributed by atoms with Crippen LogP contribution in [0.1, 0.15) is 17.0 Å². The van der Waals surface area contributed by atoms with Crippen molar-refractivity contribution in [1.29, 1.82) is 0 Å². The Kier molecular flexibility index (Phi) is 3.05. The number of rotatable bonds is 4. The lowest BCUT2D eigenvalue weighted by atomic mass is 10.1. The Labute approximate surface area is 111 Å². The van der Waals surface area contributed by atoms with Gasteiger partial charge in [0.2, 0.25) is 0 Å². The van der Waals surface area contributed by atoms with Gasteiger partial charge in [0.05, 0.1) is 12.1 Å². The number of hydrogen-bond acceptors (Lipinski definition) is 4. The second-order valence-corrected chi connectivity index (χ2v) is 4.63. The van der Waals surface area contributed by atoms with Gasteiger partial charge in [-0.25, -0.2) is 4.63 Å². The molecule has 2 aromatic heterocycles. The second-order valence-electron chi connectivity index (χ2n) is 4.63. The van der Waals surface area contributed by atoms with Crippen LogP contribution in [0.15, 0.2) is 35.1 Å². The Hall–Kier alpha value is -2.14. The van der Waals surface area contributed by atoms with Crippen molar-refractivity contribution in [3.05, 3.63) is 47.4 Å². The van der Waals surface area contributed by atoms with E-state index in [-0.39, 0.29) is 0 Å². The molecule has 0 unspecified atom stereocenters.